The van der Waals surface area contributed by atoms with Gasteiger partial charge in [-0.05, 0) is 37.0 Å². The maximum absolute atomic E-state index is 11.9. The van der Waals surface area contributed by atoms with Gasteiger partial charge in [-0.1, -0.05) is 24.4 Å². The fourth-order valence-corrected chi connectivity index (χ4v) is 3.11. The van der Waals surface area contributed by atoms with Crippen LogP contribution in [0.1, 0.15) is 25.7 Å². The smallest absolute Gasteiger partial charge is 0.240 e. The molecule has 0 atom stereocenters. The van der Waals surface area contributed by atoms with Gasteiger partial charge in [0.25, 0.3) is 0 Å². The molecule has 1 aliphatic carbocycles. The number of nitrogen functional groups attached to an aromatic ring is 1. The number of hydrogen-bond donors (Lipinski definition) is 2. The van der Waals surface area contributed by atoms with E-state index in [1.165, 1.54) is 31.0 Å². The summed E-state index contributed by atoms with van der Waals surface area (Å²) in [6.07, 6.45) is 4.57. The zero-order valence-electron chi connectivity index (χ0n) is 10.0. The van der Waals surface area contributed by atoms with Crippen molar-refractivity contribution in [2.75, 3.05) is 12.3 Å². The zero-order chi connectivity index (χ0) is 13.2. The summed E-state index contributed by atoms with van der Waals surface area (Å²) < 4.78 is 26.5. The number of sulfonamides is 1. The molecule has 4 nitrogen and oxygen atoms in total. The minimum absolute atomic E-state index is 0.160. The number of nitrogens with one attached hydrogen (secondary N) is 1. The Morgan fingerprint density at radius 2 is 2.11 bits per heavy atom. The van der Waals surface area contributed by atoms with E-state index in [0.29, 0.717) is 12.2 Å². The number of hydrogen-bond acceptors (Lipinski definition) is 3. The Hall–Kier alpha value is -0.780. The molecular weight excluding hydrogens is 272 g/mol. The van der Waals surface area contributed by atoms with Gasteiger partial charge in [-0.2, -0.15) is 0 Å². The van der Waals surface area contributed by atoms with Crippen LogP contribution in [0.25, 0.3) is 0 Å². The van der Waals surface area contributed by atoms with E-state index >= 15 is 0 Å². The van der Waals surface area contributed by atoms with Gasteiger partial charge in [-0.25, -0.2) is 13.1 Å². The molecule has 6 heteroatoms. The van der Waals surface area contributed by atoms with Crippen molar-refractivity contribution in [1.82, 2.24) is 4.72 Å². The van der Waals surface area contributed by atoms with Crippen molar-refractivity contribution in [3.8, 4) is 0 Å². The van der Waals surface area contributed by atoms with Crippen LogP contribution in [0.2, 0.25) is 5.02 Å². The van der Waals surface area contributed by atoms with E-state index in [1.54, 1.807) is 0 Å². The predicted molar refractivity (Wildman–Crippen MR) is 73.0 cm³/mol. The first-order chi connectivity index (χ1) is 8.49. The van der Waals surface area contributed by atoms with Crippen LogP contribution in [-0.2, 0) is 10.0 Å². The first-order valence-corrected chi connectivity index (χ1v) is 7.90. The topological polar surface area (TPSA) is 72.2 Å². The van der Waals surface area contributed by atoms with Gasteiger partial charge in [-0.3, -0.25) is 0 Å². The predicted octanol–water partition coefficient (Wildman–Crippen LogP) is 2.39. The highest BCUT2D eigenvalue weighted by Crippen LogP contribution is 2.33. The second-order valence-corrected chi connectivity index (χ2v) is 6.84. The summed E-state index contributed by atoms with van der Waals surface area (Å²) in [6, 6.07) is 4.34. The van der Waals surface area contributed by atoms with Crippen LogP contribution >= 0.6 is 11.6 Å². The monoisotopic (exact) mass is 288 g/mol. The zero-order valence-corrected chi connectivity index (χ0v) is 11.6. The van der Waals surface area contributed by atoms with Crippen molar-refractivity contribution in [3.05, 3.63) is 23.2 Å². The van der Waals surface area contributed by atoms with Crippen LogP contribution in [-0.4, -0.2) is 15.0 Å². The third kappa shape index (κ3) is 3.60. The van der Waals surface area contributed by atoms with E-state index in [9.17, 15) is 8.42 Å². The molecule has 0 spiro atoms. The lowest BCUT2D eigenvalue weighted by Crippen LogP contribution is -2.24. The van der Waals surface area contributed by atoms with E-state index in [1.807, 2.05) is 0 Å². The van der Waals surface area contributed by atoms with Gasteiger partial charge in [0.05, 0.1) is 15.6 Å². The first kappa shape index (κ1) is 13.6. The molecule has 0 amide bonds. The van der Waals surface area contributed by atoms with Crippen LogP contribution in [0.15, 0.2) is 23.1 Å². The standard InChI is InChI=1S/C12H17ClN2O2S/c13-11-8-10(5-6-12(11)14)18(16,17)15-7-1-2-9-3-4-9/h5-6,8-9,15H,1-4,7,14H2. The van der Waals surface area contributed by atoms with Crippen molar-refractivity contribution in [1.29, 1.82) is 0 Å². The molecule has 2 rings (SSSR count). The summed E-state index contributed by atoms with van der Waals surface area (Å²) in [5.74, 6) is 0.820. The summed E-state index contributed by atoms with van der Waals surface area (Å²) in [7, 11) is -3.47. The molecule has 0 aliphatic heterocycles. The lowest BCUT2D eigenvalue weighted by atomic mass is 10.2. The number of anilines is 1. The van der Waals surface area contributed by atoms with Crippen LogP contribution in [0, 0.1) is 5.92 Å². The van der Waals surface area contributed by atoms with E-state index in [0.717, 1.165) is 18.8 Å². The molecule has 1 aliphatic rings. The number of rotatable bonds is 6. The van der Waals surface area contributed by atoms with Gasteiger partial charge < -0.3 is 5.73 Å². The molecule has 18 heavy (non-hydrogen) atoms. The van der Waals surface area contributed by atoms with Crippen molar-refractivity contribution in [3.63, 3.8) is 0 Å². The van der Waals surface area contributed by atoms with Gasteiger partial charge >= 0.3 is 0 Å². The molecular formula is C12H17ClN2O2S. The highest BCUT2D eigenvalue weighted by Gasteiger charge is 2.21. The highest BCUT2D eigenvalue weighted by atomic mass is 35.5. The van der Waals surface area contributed by atoms with Gasteiger partial charge in [0.1, 0.15) is 0 Å². The lowest BCUT2D eigenvalue weighted by Gasteiger charge is -2.07. The minimum Gasteiger partial charge on any atom is -0.398 e. The Labute approximate surface area is 113 Å². The number of halogens is 1. The summed E-state index contributed by atoms with van der Waals surface area (Å²) in [4.78, 5) is 0.160. The number of nitrogens with two attached hydrogens (primary N) is 1. The first-order valence-electron chi connectivity index (χ1n) is 6.04. The maximum Gasteiger partial charge on any atom is 0.240 e. The molecule has 0 radical (unpaired) electrons. The van der Waals surface area contributed by atoms with Gasteiger partial charge in [-0.15, -0.1) is 0 Å². The molecule has 0 saturated heterocycles. The average molecular weight is 289 g/mol. The SMILES string of the molecule is Nc1ccc(S(=O)(=O)NCCCC2CC2)cc1Cl. The average Bonchev–Trinajstić information content (AvgIpc) is 3.12. The summed E-state index contributed by atoms with van der Waals surface area (Å²) >= 11 is 5.81. The Balaban J connectivity index is 1.93. The molecule has 0 heterocycles. The molecule has 0 aromatic heterocycles. The molecule has 1 fully saturated rings. The Morgan fingerprint density at radius 1 is 1.39 bits per heavy atom. The summed E-state index contributed by atoms with van der Waals surface area (Å²) in [5, 5.41) is 0.260. The number of benzene rings is 1. The van der Waals surface area contributed by atoms with E-state index in [-0.39, 0.29) is 9.92 Å². The molecule has 0 unspecified atom stereocenters. The Morgan fingerprint density at radius 3 is 2.72 bits per heavy atom. The second-order valence-electron chi connectivity index (χ2n) is 4.67. The van der Waals surface area contributed by atoms with Gasteiger partial charge in [0, 0.05) is 6.54 Å². The van der Waals surface area contributed by atoms with Gasteiger partial charge in [0.15, 0.2) is 0 Å². The lowest BCUT2D eigenvalue weighted by molar-refractivity contribution is 0.572. The summed E-state index contributed by atoms with van der Waals surface area (Å²) in [5.41, 5.74) is 5.93. The van der Waals surface area contributed by atoms with Crippen LogP contribution < -0.4 is 10.5 Å². The van der Waals surface area contributed by atoms with Crippen molar-refractivity contribution < 1.29 is 8.42 Å². The minimum atomic E-state index is -3.47. The van der Waals surface area contributed by atoms with Crippen LogP contribution in [0.4, 0.5) is 5.69 Å². The van der Waals surface area contributed by atoms with Crippen molar-refractivity contribution in [2.45, 2.75) is 30.6 Å². The van der Waals surface area contributed by atoms with E-state index < -0.39 is 10.0 Å². The molecule has 0 bridgehead atoms. The third-order valence-corrected chi connectivity index (χ3v) is 4.85. The van der Waals surface area contributed by atoms with E-state index in [4.69, 9.17) is 17.3 Å². The Bertz CT molecular complexity index is 527. The third-order valence-electron chi connectivity index (χ3n) is 3.06. The Kier molecular flexibility index (Phi) is 4.14. The van der Waals surface area contributed by atoms with Crippen molar-refractivity contribution in [2.24, 2.45) is 5.92 Å². The fourth-order valence-electron chi connectivity index (χ4n) is 1.76. The maximum atomic E-state index is 11.9. The van der Waals surface area contributed by atoms with Gasteiger partial charge in [0.2, 0.25) is 10.0 Å². The summed E-state index contributed by atoms with van der Waals surface area (Å²) in [6.45, 7) is 0.473. The molecule has 1 aromatic carbocycles. The van der Waals surface area contributed by atoms with E-state index in [2.05, 4.69) is 4.72 Å². The molecule has 3 N–H and O–H groups in total. The van der Waals surface area contributed by atoms with Crippen LogP contribution in [0.3, 0.4) is 0 Å². The second kappa shape index (κ2) is 5.47. The quantitative estimate of drug-likeness (QED) is 0.623. The van der Waals surface area contributed by atoms with Crippen LogP contribution in [0.5, 0.6) is 0 Å². The largest absolute Gasteiger partial charge is 0.398 e. The normalized spacial score (nSPS) is 15.8. The molecule has 100 valence electrons. The fraction of sp³-hybridized carbons (Fsp3) is 0.500. The van der Waals surface area contributed by atoms with Crippen molar-refractivity contribution >= 4 is 27.3 Å². The highest BCUT2D eigenvalue weighted by molar-refractivity contribution is 7.89. The molecule has 1 aromatic rings. The molecule has 1 saturated carbocycles.